The van der Waals surface area contributed by atoms with Crippen LogP contribution in [0.4, 0.5) is 0 Å². The normalized spacial score (nSPS) is 20.3. The predicted molar refractivity (Wildman–Crippen MR) is 46.1 cm³/mol. The van der Waals surface area contributed by atoms with Crippen molar-refractivity contribution in [3.63, 3.8) is 0 Å². The first-order chi connectivity index (χ1) is 6.27. The summed E-state index contributed by atoms with van der Waals surface area (Å²) in [7, 11) is 0. The molecule has 1 aliphatic heterocycles. The molecule has 1 heterocycles. The lowest BCUT2D eigenvalue weighted by Crippen LogP contribution is -2.05. The Morgan fingerprint density at radius 3 is 2.46 bits per heavy atom. The lowest BCUT2D eigenvalue weighted by Gasteiger charge is -2.04. The Hall–Kier alpha value is -1.77. The van der Waals surface area contributed by atoms with Crippen molar-refractivity contribution in [2.75, 3.05) is 0 Å². The summed E-state index contributed by atoms with van der Waals surface area (Å²) in [6, 6.07) is 6.51. The van der Waals surface area contributed by atoms with Crippen LogP contribution in [0.3, 0.4) is 0 Å². The van der Waals surface area contributed by atoms with Crippen molar-refractivity contribution in [1.29, 1.82) is 0 Å². The van der Waals surface area contributed by atoms with E-state index in [-0.39, 0.29) is 17.6 Å². The molecule has 1 aromatic carbocycles. The van der Waals surface area contributed by atoms with Crippen LogP contribution in [-0.4, -0.2) is 11.1 Å². The summed E-state index contributed by atoms with van der Waals surface area (Å²) < 4.78 is 4.67. The molecule has 0 saturated carbocycles. The number of phenols is 1. The fraction of sp³-hybridized carbons (Fsp3) is 0.100. The number of carbonyl (C=O) groups excluding carboxylic acids is 1. The van der Waals surface area contributed by atoms with Crippen molar-refractivity contribution < 1.29 is 14.6 Å². The highest BCUT2D eigenvalue weighted by Crippen LogP contribution is 2.24. The molecule has 1 unspecified atom stereocenters. The number of esters is 1. The van der Waals surface area contributed by atoms with Crippen molar-refractivity contribution in [2.45, 2.75) is 5.92 Å². The van der Waals surface area contributed by atoms with E-state index in [0.717, 1.165) is 5.56 Å². The molecule has 3 heteroatoms. The number of ether oxygens (including phenoxy) is 1. The Bertz CT molecular complexity index is 351. The third-order valence-corrected chi connectivity index (χ3v) is 1.96. The molecule has 0 radical (unpaired) electrons. The van der Waals surface area contributed by atoms with Crippen LogP contribution in [0.5, 0.6) is 5.75 Å². The molecule has 0 saturated heterocycles. The fourth-order valence-electron chi connectivity index (χ4n) is 1.27. The largest absolute Gasteiger partial charge is 0.508 e. The highest BCUT2D eigenvalue weighted by molar-refractivity contribution is 5.83. The van der Waals surface area contributed by atoms with Crippen molar-refractivity contribution in [3.8, 4) is 5.75 Å². The molecule has 1 aromatic rings. The number of aromatic hydroxyl groups is 1. The van der Waals surface area contributed by atoms with Crippen molar-refractivity contribution in [2.24, 2.45) is 0 Å². The molecular formula is C10H8O3. The lowest BCUT2D eigenvalue weighted by atomic mass is 10.0. The molecular weight excluding hydrogens is 168 g/mol. The Kier molecular flexibility index (Phi) is 1.77. The first-order valence-corrected chi connectivity index (χ1v) is 3.93. The number of hydrogen-bond donors (Lipinski definition) is 1. The average Bonchev–Trinajstić information content (AvgIpc) is 2.53. The molecule has 0 aliphatic carbocycles. The zero-order chi connectivity index (χ0) is 9.26. The third-order valence-electron chi connectivity index (χ3n) is 1.96. The summed E-state index contributed by atoms with van der Waals surface area (Å²) >= 11 is 0. The quantitative estimate of drug-likeness (QED) is 0.660. The second-order valence-electron chi connectivity index (χ2n) is 2.83. The summed E-state index contributed by atoms with van der Waals surface area (Å²) in [5, 5.41) is 9.03. The minimum absolute atomic E-state index is 0.194. The van der Waals surface area contributed by atoms with E-state index < -0.39 is 0 Å². The van der Waals surface area contributed by atoms with E-state index in [1.54, 1.807) is 30.3 Å². The van der Waals surface area contributed by atoms with Crippen LogP contribution in [0.2, 0.25) is 0 Å². The molecule has 3 nitrogen and oxygen atoms in total. The van der Waals surface area contributed by atoms with E-state index in [9.17, 15) is 4.79 Å². The van der Waals surface area contributed by atoms with Gasteiger partial charge in [-0.2, -0.15) is 0 Å². The first-order valence-electron chi connectivity index (χ1n) is 3.93. The van der Waals surface area contributed by atoms with Gasteiger partial charge in [0.25, 0.3) is 0 Å². The molecule has 0 spiro atoms. The number of rotatable bonds is 1. The van der Waals surface area contributed by atoms with Crippen LogP contribution in [0.15, 0.2) is 36.6 Å². The van der Waals surface area contributed by atoms with Gasteiger partial charge in [-0.05, 0) is 23.8 Å². The minimum atomic E-state index is -0.319. The van der Waals surface area contributed by atoms with Gasteiger partial charge in [0.05, 0.1) is 6.26 Å². The molecule has 1 atom stereocenters. The van der Waals surface area contributed by atoms with Crippen molar-refractivity contribution >= 4 is 5.97 Å². The summed E-state index contributed by atoms with van der Waals surface area (Å²) in [6.45, 7) is 0. The number of hydrogen-bond acceptors (Lipinski definition) is 3. The van der Waals surface area contributed by atoms with E-state index in [4.69, 9.17) is 5.11 Å². The van der Waals surface area contributed by atoms with Crippen LogP contribution in [0.1, 0.15) is 11.5 Å². The Labute approximate surface area is 75.3 Å². The monoisotopic (exact) mass is 176 g/mol. The highest BCUT2D eigenvalue weighted by Gasteiger charge is 2.23. The highest BCUT2D eigenvalue weighted by atomic mass is 16.5. The molecule has 0 aromatic heterocycles. The van der Waals surface area contributed by atoms with Crippen molar-refractivity contribution in [1.82, 2.24) is 0 Å². The number of phenolic OH excluding ortho intramolecular Hbond substituents is 1. The van der Waals surface area contributed by atoms with E-state index in [2.05, 4.69) is 4.74 Å². The van der Waals surface area contributed by atoms with Gasteiger partial charge >= 0.3 is 5.97 Å². The third kappa shape index (κ3) is 1.40. The predicted octanol–water partition coefficient (Wildman–Crippen LogP) is 1.55. The van der Waals surface area contributed by atoms with Crippen molar-refractivity contribution in [3.05, 3.63) is 42.2 Å². The van der Waals surface area contributed by atoms with Gasteiger partial charge in [0.2, 0.25) is 0 Å². The Balaban J connectivity index is 2.30. The van der Waals surface area contributed by atoms with E-state index in [1.165, 1.54) is 6.26 Å². The van der Waals surface area contributed by atoms with Crippen LogP contribution in [0, 0.1) is 0 Å². The zero-order valence-corrected chi connectivity index (χ0v) is 6.81. The molecule has 66 valence electrons. The number of cyclic esters (lactones) is 1. The van der Waals surface area contributed by atoms with Gasteiger partial charge in [-0.3, -0.25) is 4.79 Å². The standard InChI is InChI=1S/C10H8O3/c11-8-3-1-7(2-4-8)9-5-6-13-10(9)12/h1-6,9,11H. The van der Waals surface area contributed by atoms with Gasteiger partial charge in [-0.1, -0.05) is 12.1 Å². The average molecular weight is 176 g/mol. The number of carbonyl (C=O) groups is 1. The van der Waals surface area contributed by atoms with Gasteiger partial charge in [0.15, 0.2) is 0 Å². The lowest BCUT2D eigenvalue weighted by molar-refractivity contribution is -0.136. The van der Waals surface area contributed by atoms with Crippen LogP contribution >= 0.6 is 0 Å². The maximum atomic E-state index is 11.1. The molecule has 2 rings (SSSR count). The van der Waals surface area contributed by atoms with Gasteiger partial charge in [-0.25, -0.2) is 0 Å². The minimum Gasteiger partial charge on any atom is -0.508 e. The topological polar surface area (TPSA) is 46.5 Å². The second kappa shape index (κ2) is 2.94. The smallest absolute Gasteiger partial charge is 0.322 e. The first kappa shape index (κ1) is 7.86. The maximum Gasteiger partial charge on any atom is 0.322 e. The SMILES string of the molecule is O=C1OC=CC1c1ccc(O)cc1. The summed E-state index contributed by atoms with van der Waals surface area (Å²) in [5.41, 5.74) is 0.830. The van der Waals surface area contributed by atoms with Crippen LogP contribution in [-0.2, 0) is 9.53 Å². The summed E-state index contributed by atoms with van der Waals surface area (Å²) in [4.78, 5) is 11.1. The number of benzene rings is 1. The summed E-state index contributed by atoms with van der Waals surface area (Å²) in [6.07, 6.45) is 3.08. The molecule has 1 aliphatic rings. The molecule has 0 bridgehead atoms. The second-order valence-corrected chi connectivity index (χ2v) is 2.83. The molecule has 0 fully saturated rings. The van der Waals surface area contributed by atoms with Gasteiger partial charge in [0, 0.05) is 0 Å². The van der Waals surface area contributed by atoms with E-state index in [1.807, 2.05) is 0 Å². The van der Waals surface area contributed by atoms with E-state index in [0.29, 0.717) is 0 Å². The summed E-state index contributed by atoms with van der Waals surface area (Å²) in [5.74, 6) is -0.398. The maximum absolute atomic E-state index is 11.1. The molecule has 13 heavy (non-hydrogen) atoms. The zero-order valence-electron chi connectivity index (χ0n) is 6.81. The van der Waals surface area contributed by atoms with Gasteiger partial charge < -0.3 is 9.84 Å². The van der Waals surface area contributed by atoms with Crippen LogP contribution < -0.4 is 0 Å². The molecule has 0 amide bonds. The Morgan fingerprint density at radius 2 is 1.92 bits per heavy atom. The Morgan fingerprint density at radius 1 is 1.23 bits per heavy atom. The van der Waals surface area contributed by atoms with E-state index >= 15 is 0 Å². The van der Waals surface area contributed by atoms with Gasteiger partial charge in [0.1, 0.15) is 11.7 Å². The van der Waals surface area contributed by atoms with Gasteiger partial charge in [-0.15, -0.1) is 0 Å². The molecule has 1 N–H and O–H groups in total. The fourth-order valence-corrected chi connectivity index (χ4v) is 1.27. The van der Waals surface area contributed by atoms with Crippen LogP contribution in [0.25, 0.3) is 0 Å².